The van der Waals surface area contributed by atoms with Gasteiger partial charge in [0.25, 0.3) is 0 Å². The minimum Gasteiger partial charge on any atom is -0.486 e. The lowest BCUT2D eigenvalue weighted by molar-refractivity contribution is -0.126. The van der Waals surface area contributed by atoms with Crippen molar-refractivity contribution >= 4 is 17.5 Å². The van der Waals surface area contributed by atoms with Crippen LogP contribution in [0.25, 0.3) is 0 Å². The van der Waals surface area contributed by atoms with Gasteiger partial charge in [0.1, 0.15) is 13.2 Å². The van der Waals surface area contributed by atoms with E-state index in [4.69, 9.17) is 9.47 Å². The average molecular weight is 392 g/mol. The molecule has 2 heterocycles. The van der Waals surface area contributed by atoms with Crippen LogP contribution < -0.4 is 19.7 Å². The molecular formula is C23H24N2O4. The third-order valence-electron chi connectivity index (χ3n) is 5.96. The number of rotatable bonds is 4. The van der Waals surface area contributed by atoms with Crippen LogP contribution in [0.3, 0.4) is 0 Å². The third-order valence-corrected chi connectivity index (χ3v) is 5.96. The molecule has 2 aliphatic heterocycles. The first-order valence-electron chi connectivity index (χ1n) is 10.3. The number of amides is 2. The first kappa shape index (κ1) is 18.0. The van der Waals surface area contributed by atoms with E-state index in [0.717, 1.165) is 29.8 Å². The molecule has 1 N–H and O–H groups in total. The Morgan fingerprint density at radius 1 is 1.03 bits per heavy atom. The van der Waals surface area contributed by atoms with E-state index in [1.165, 1.54) is 17.5 Å². The van der Waals surface area contributed by atoms with E-state index in [-0.39, 0.29) is 24.2 Å². The Kier molecular flexibility index (Phi) is 4.62. The second kappa shape index (κ2) is 7.43. The molecule has 0 aromatic heterocycles. The van der Waals surface area contributed by atoms with Gasteiger partial charge in [0.15, 0.2) is 11.5 Å². The van der Waals surface area contributed by atoms with E-state index in [0.29, 0.717) is 32.1 Å². The molecule has 2 amide bonds. The average Bonchev–Trinajstić information content (AvgIpc) is 3.37. The highest BCUT2D eigenvalue weighted by atomic mass is 16.6. The third kappa shape index (κ3) is 3.55. The number of hydrogen-bond acceptors (Lipinski definition) is 4. The number of anilines is 1. The quantitative estimate of drug-likeness (QED) is 0.869. The molecule has 0 bridgehead atoms. The summed E-state index contributed by atoms with van der Waals surface area (Å²) < 4.78 is 11.1. The van der Waals surface area contributed by atoms with Crippen molar-refractivity contribution in [3.63, 3.8) is 0 Å². The van der Waals surface area contributed by atoms with Crippen molar-refractivity contribution in [2.24, 2.45) is 5.92 Å². The predicted octanol–water partition coefficient (Wildman–Crippen LogP) is 2.62. The molecule has 1 fully saturated rings. The van der Waals surface area contributed by atoms with E-state index in [9.17, 15) is 9.59 Å². The van der Waals surface area contributed by atoms with Crippen LogP contribution in [0.1, 0.15) is 29.5 Å². The summed E-state index contributed by atoms with van der Waals surface area (Å²) in [5, 5.41) is 2.97. The summed E-state index contributed by atoms with van der Waals surface area (Å²) in [4.78, 5) is 27.0. The minimum absolute atomic E-state index is 0.0161. The molecule has 0 spiro atoms. The maximum Gasteiger partial charge on any atom is 0.227 e. The molecule has 5 rings (SSSR count). The summed E-state index contributed by atoms with van der Waals surface area (Å²) in [5.41, 5.74) is 4.58. The number of nitrogens with one attached hydrogen (secondary N) is 1. The lowest BCUT2D eigenvalue weighted by Crippen LogP contribution is -2.32. The van der Waals surface area contributed by atoms with Gasteiger partial charge in [-0.25, -0.2) is 0 Å². The topological polar surface area (TPSA) is 67.9 Å². The first-order valence-corrected chi connectivity index (χ1v) is 10.3. The van der Waals surface area contributed by atoms with E-state index in [1.807, 2.05) is 24.3 Å². The zero-order chi connectivity index (χ0) is 19.8. The molecule has 3 aliphatic rings. The molecule has 2 aromatic rings. The zero-order valence-electron chi connectivity index (χ0n) is 16.3. The highest BCUT2D eigenvalue weighted by Crippen LogP contribution is 2.32. The largest absolute Gasteiger partial charge is 0.486 e. The van der Waals surface area contributed by atoms with Gasteiger partial charge in [-0.3, -0.25) is 9.59 Å². The fourth-order valence-electron chi connectivity index (χ4n) is 4.39. The number of benzene rings is 2. The normalized spacial score (nSPS) is 19.9. The van der Waals surface area contributed by atoms with Crippen molar-refractivity contribution in [2.75, 3.05) is 24.7 Å². The van der Waals surface area contributed by atoms with Gasteiger partial charge >= 0.3 is 0 Å². The van der Waals surface area contributed by atoms with E-state index in [1.54, 1.807) is 4.90 Å². The molecule has 6 heteroatoms. The molecular weight excluding hydrogens is 368 g/mol. The van der Waals surface area contributed by atoms with Crippen LogP contribution in [0.2, 0.25) is 0 Å². The maximum atomic E-state index is 12.7. The van der Waals surface area contributed by atoms with Gasteiger partial charge in [0, 0.05) is 25.2 Å². The van der Waals surface area contributed by atoms with Crippen LogP contribution in [-0.2, 0) is 29.0 Å². The molecule has 150 valence electrons. The fourth-order valence-corrected chi connectivity index (χ4v) is 4.39. The van der Waals surface area contributed by atoms with Crippen LogP contribution in [0, 0.1) is 5.92 Å². The molecule has 0 saturated carbocycles. The van der Waals surface area contributed by atoms with Crippen molar-refractivity contribution in [1.82, 2.24) is 5.32 Å². The Hall–Kier alpha value is -3.02. The van der Waals surface area contributed by atoms with Gasteiger partial charge in [0.2, 0.25) is 11.8 Å². The van der Waals surface area contributed by atoms with Gasteiger partial charge in [-0.05, 0) is 60.2 Å². The summed E-state index contributed by atoms with van der Waals surface area (Å²) >= 11 is 0. The lowest BCUT2D eigenvalue weighted by atomic mass is 10.1. The summed E-state index contributed by atoms with van der Waals surface area (Å²) in [6, 6.07) is 11.9. The number of nitrogens with zero attached hydrogens (tertiary/aromatic N) is 1. The summed E-state index contributed by atoms with van der Waals surface area (Å²) in [5.74, 6) is 1.05. The SMILES string of the molecule is O=C(NCc1ccc2c(c1)OCCO2)C1CC(=O)N(c2ccc3c(c2)CCC3)C1. The number of aryl methyl sites for hydroxylation is 2. The van der Waals surface area contributed by atoms with Crippen molar-refractivity contribution in [2.45, 2.75) is 32.2 Å². The van der Waals surface area contributed by atoms with Crippen molar-refractivity contribution in [3.8, 4) is 11.5 Å². The first-order chi connectivity index (χ1) is 14.2. The Labute approximate surface area is 169 Å². The molecule has 1 saturated heterocycles. The Bertz CT molecular complexity index is 971. The van der Waals surface area contributed by atoms with Crippen molar-refractivity contribution in [3.05, 3.63) is 53.1 Å². The maximum absolute atomic E-state index is 12.7. The molecule has 6 nitrogen and oxygen atoms in total. The van der Waals surface area contributed by atoms with Gasteiger partial charge < -0.3 is 19.7 Å². The molecule has 0 radical (unpaired) electrons. The highest BCUT2D eigenvalue weighted by molar-refractivity contribution is 6.00. The van der Waals surface area contributed by atoms with Gasteiger partial charge in [-0.15, -0.1) is 0 Å². The van der Waals surface area contributed by atoms with E-state index >= 15 is 0 Å². The monoisotopic (exact) mass is 392 g/mol. The molecule has 1 unspecified atom stereocenters. The summed E-state index contributed by atoms with van der Waals surface area (Å²) in [7, 11) is 0. The standard InChI is InChI=1S/C23H24N2O4/c26-22-12-18(14-25(22)19-6-5-16-2-1-3-17(16)11-19)23(27)24-13-15-4-7-20-21(10-15)29-9-8-28-20/h4-7,10-11,18H,1-3,8-9,12-14H2,(H,24,27). The number of ether oxygens (including phenoxy) is 2. The summed E-state index contributed by atoms with van der Waals surface area (Å²) in [6.07, 6.45) is 3.63. The van der Waals surface area contributed by atoms with Crippen LogP contribution in [0.5, 0.6) is 11.5 Å². The van der Waals surface area contributed by atoms with Gasteiger partial charge in [-0.2, -0.15) is 0 Å². The molecule has 29 heavy (non-hydrogen) atoms. The Morgan fingerprint density at radius 3 is 2.76 bits per heavy atom. The zero-order valence-corrected chi connectivity index (χ0v) is 16.3. The molecule has 1 aliphatic carbocycles. The fraction of sp³-hybridized carbons (Fsp3) is 0.391. The number of hydrogen-bond donors (Lipinski definition) is 1. The number of fused-ring (bicyclic) bond motifs is 2. The second-order valence-electron chi connectivity index (χ2n) is 7.91. The molecule has 2 aromatic carbocycles. The van der Waals surface area contributed by atoms with E-state index in [2.05, 4.69) is 17.4 Å². The minimum atomic E-state index is -0.326. The Morgan fingerprint density at radius 2 is 1.86 bits per heavy atom. The number of carbonyl (C=O) groups excluding carboxylic acids is 2. The second-order valence-corrected chi connectivity index (χ2v) is 7.91. The van der Waals surface area contributed by atoms with Crippen LogP contribution in [0.4, 0.5) is 5.69 Å². The van der Waals surface area contributed by atoms with Gasteiger partial charge in [-0.1, -0.05) is 12.1 Å². The molecule has 1 atom stereocenters. The van der Waals surface area contributed by atoms with Gasteiger partial charge in [0.05, 0.1) is 5.92 Å². The van der Waals surface area contributed by atoms with Crippen LogP contribution in [0.15, 0.2) is 36.4 Å². The predicted molar refractivity (Wildman–Crippen MR) is 108 cm³/mol. The summed E-state index contributed by atoms with van der Waals surface area (Å²) in [6.45, 7) is 1.93. The van der Waals surface area contributed by atoms with E-state index < -0.39 is 0 Å². The number of carbonyl (C=O) groups is 2. The van der Waals surface area contributed by atoms with Crippen LogP contribution >= 0.6 is 0 Å². The highest BCUT2D eigenvalue weighted by Gasteiger charge is 2.35. The Balaban J connectivity index is 1.21. The van der Waals surface area contributed by atoms with Crippen molar-refractivity contribution < 1.29 is 19.1 Å². The lowest BCUT2D eigenvalue weighted by Gasteiger charge is -2.19. The van der Waals surface area contributed by atoms with Crippen molar-refractivity contribution in [1.29, 1.82) is 0 Å². The van der Waals surface area contributed by atoms with Crippen LogP contribution in [-0.4, -0.2) is 31.6 Å². The smallest absolute Gasteiger partial charge is 0.227 e.